The van der Waals surface area contributed by atoms with Gasteiger partial charge in [-0.1, -0.05) is 30.3 Å². The van der Waals surface area contributed by atoms with Gasteiger partial charge in [-0.15, -0.1) is 23.5 Å². The van der Waals surface area contributed by atoms with Crippen LogP contribution in [-0.2, 0) is 16.0 Å². The van der Waals surface area contributed by atoms with Crippen molar-refractivity contribution in [3.63, 3.8) is 0 Å². The summed E-state index contributed by atoms with van der Waals surface area (Å²) in [4.78, 5) is 26.7. The molecule has 1 atom stereocenters. The largest absolute Gasteiger partial charge is 0.452 e. The smallest absolute Gasteiger partial charge is 0.338 e. The van der Waals surface area contributed by atoms with E-state index < -0.39 is 5.97 Å². The molecule has 140 valence electrons. The first kappa shape index (κ1) is 18.4. The van der Waals surface area contributed by atoms with Crippen molar-refractivity contribution < 1.29 is 14.3 Å². The minimum atomic E-state index is -0.457. The van der Waals surface area contributed by atoms with E-state index in [1.165, 1.54) is 17.1 Å². The van der Waals surface area contributed by atoms with E-state index in [-0.39, 0.29) is 18.6 Å². The van der Waals surface area contributed by atoms with E-state index in [2.05, 4.69) is 0 Å². The minimum Gasteiger partial charge on any atom is -0.452 e. The first-order valence-corrected chi connectivity index (χ1v) is 11.1. The van der Waals surface area contributed by atoms with Crippen LogP contribution in [0.25, 0.3) is 0 Å². The average Bonchev–Trinajstić information content (AvgIpc) is 3.33. The Balaban J connectivity index is 1.37. The quantitative estimate of drug-likeness (QED) is 0.718. The summed E-state index contributed by atoms with van der Waals surface area (Å²) in [5.41, 5.74) is 3.77. The highest BCUT2D eigenvalue weighted by atomic mass is 32.2. The lowest BCUT2D eigenvalue weighted by Gasteiger charge is -2.22. The Morgan fingerprint density at radius 2 is 1.78 bits per heavy atom. The van der Waals surface area contributed by atoms with Crippen LogP contribution < -0.4 is 4.90 Å². The van der Waals surface area contributed by atoms with E-state index in [1.54, 1.807) is 17.0 Å². The maximum atomic E-state index is 12.6. The molecular weight excluding hydrogens is 378 g/mol. The summed E-state index contributed by atoms with van der Waals surface area (Å²) >= 11 is 3.86. The van der Waals surface area contributed by atoms with Crippen molar-refractivity contribution in [1.82, 2.24) is 0 Å². The third-order valence-corrected chi connectivity index (χ3v) is 7.95. The van der Waals surface area contributed by atoms with Gasteiger partial charge < -0.3 is 9.64 Å². The fourth-order valence-corrected chi connectivity index (χ4v) is 6.41. The number of ether oxygens (including phenoxy) is 1. The van der Waals surface area contributed by atoms with Crippen LogP contribution in [0.5, 0.6) is 0 Å². The summed E-state index contributed by atoms with van der Waals surface area (Å²) in [6.45, 7) is 1.77. The summed E-state index contributed by atoms with van der Waals surface area (Å²) in [5.74, 6) is 1.69. The molecule has 0 radical (unpaired) electrons. The predicted octanol–water partition coefficient (Wildman–Crippen LogP) is 4.30. The maximum absolute atomic E-state index is 12.6. The molecule has 6 heteroatoms. The molecule has 27 heavy (non-hydrogen) atoms. The Bertz CT molecular complexity index is 847. The molecule has 0 bridgehead atoms. The number of carbonyl (C=O) groups excluding carboxylic acids is 2. The van der Waals surface area contributed by atoms with E-state index in [0.29, 0.717) is 10.1 Å². The topological polar surface area (TPSA) is 46.6 Å². The van der Waals surface area contributed by atoms with Gasteiger partial charge in [0, 0.05) is 23.2 Å². The third kappa shape index (κ3) is 3.87. The van der Waals surface area contributed by atoms with Gasteiger partial charge in [0.05, 0.1) is 10.1 Å². The SMILES string of the molecule is C[C@@H]1Cc2ccccc2N1C(=O)COC(=O)c1ccc(C2SCCS2)cc1. The lowest BCUT2D eigenvalue weighted by Crippen LogP contribution is -2.38. The van der Waals surface area contributed by atoms with Crippen molar-refractivity contribution in [3.8, 4) is 0 Å². The van der Waals surface area contributed by atoms with Crippen LogP contribution in [0.4, 0.5) is 5.69 Å². The van der Waals surface area contributed by atoms with Crippen LogP contribution in [0.15, 0.2) is 48.5 Å². The van der Waals surface area contributed by atoms with E-state index in [9.17, 15) is 9.59 Å². The molecule has 1 saturated heterocycles. The normalized spacial score (nSPS) is 19.1. The molecule has 2 aliphatic rings. The Labute approximate surface area is 167 Å². The maximum Gasteiger partial charge on any atom is 0.338 e. The number of anilines is 1. The zero-order chi connectivity index (χ0) is 18.8. The van der Waals surface area contributed by atoms with Crippen LogP contribution in [0, 0.1) is 0 Å². The molecule has 2 aliphatic heterocycles. The standard InChI is InChI=1S/C21H21NO3S2/c1-14-12-17-4-2-3-5-18(17)22(14)19(23)13-25-20(24)15-6-8-16(9-7-15)21-26-10-11-27-21/h2-9,14,21H,10-13H2,1H3/t14-/m1/s1. The fraction of sp³-hybridized carbons (Fsp3) is 0.333. The van der Waals surface area contributed by atoms with Crippen molar-refractivity contribution in [2.75, 3.05) is 23.0 Å². The highest BCUT2D eigenvalue weighted by Crippen LogP contribution is 2.45. The highest BCUT2D eigenvalue weighted by molar-refractivity contribution is 8.19. The van der Waals surface area contributed by atoms with Crippen molar-refractivity contribution in [2.24, 2.45) is 0 Å². The number of esters is 1. The molecule has 0 aromatic heterocycles. The van der Waals surface area contributed by atoms with E-state index in [0.717, 1.165) is 17.7 Å². The second-order valence-electron chi connectivity index (χ2n) is 6.72. The molecule has 0 unspecified atom stereocenters. The Kier molecular flexibility index (Phi) is 5.45. The molecule has 0 saturated carbocycles. The summed E-state index contributed by atoms with van der Waals surface area (Å²) in [6.07, 6.45) is 0.828. The zero-order valence-electron chi connectivity index (χ0n) is 15.1. The number of para-hydroxylation sites is 1. The number of hydrogen-bond donors (Lipinski definition) is 0. The zero-order valence-corrected chi connectivity index (χ0v) is 16.7. The van der Waals surface area contributed by atoms with Gasteiger partial charge in [-0.2, -0.15) is 0 Å². The van der Waals surface area contributed by atoms with Crippen molar-refractivity contribution >= 4 is 41.1 Å². The monoisotopic (exact) mass is 399 g/mol. The molecular formula is C21H21NO3S2. The van der Waals surface area contributed by atoms with Crippen LogP contribution in [0.1, 0.15) is 33.0 Å². The highest BCUT2D eigenvalue weighted by Gasteiger charge is 2.31. The Morgan fingerprint density at radius 3 is 2.52 bits per heavy atom. The molecule has 4 rings (SSSR count). The number of fused-ring (bicyclic) bond motifs is 1. The predicted molar refractivity (Wildman–Crippen MR) is 111 cm³/mol. The van der Waals surface area contributed by atoms with Gasteiger partial charge in [0.2, 0.25) is 0 Å². The number of hydrogen-bond acceptors (Lipinski definition) is 5. The van der Waals surface area contributed by atoms with Gasteiger partial charge in [0.25, 0.3) is 5.91 Å². The molecule has 1 amide bonds. The van der Waals surface area contributed by atoms with Gasteiger partial charge >= 0.3 is 5.97 Å². The first-order valence-electron chi connectivity index (χ1n) is 9.04. The Hall–Kier alpha value is -1.92. The molecule has 0 aliphatic carbocycles. The van der Waals surface area contributed by atoms with Crippen molar-refractivity contribution in [3.05, 3.63) is 65.2 Å². The molecule has 4 nitrogen and oxygen atoms in total. The van der Waals surface area contributed by atoms with Crippen LogP contribution in [0.3, 0.4) is 0 Å². The molecule has 2 heterocycles. The number of thioether (sulfide) groups is 2. The summed E-state index contributed by atoms with van der Waals surface area (Å²) in [6, 6.07) is 15.5. The molecule has 2 aromatic rings. The number of benzene rings is 2. The lowest BCUT2D eigenvalue weighted by molar-refractivity contribution is -0.122. The average molecular weight is 400 g/mol. The van der Waals surface area contributed by atoms with E-state index in [4.69, 9.17) is 4.74 Å². The van der Waals surface area contributed by atoms with Gasteiger partial charge in [-0.3, -0.25) is 4.79 Å². The molecule has 0 N–H and O–H groups in total. The number of carbonyl (C=O) groups is 2. The van der Waals surface area contributed by atoms with Gasteiger partial charge in [0.15, 0.2) is 6.61 Å². The second kappa shape index (κ2) is 7.98. The van der Waals surface area contributed by atoms with Crippen LogP contribution in [-0.4, -0.2) is 36.0 Å². The first-order chi connectivity index (χ1) is 13.1. The summed E-state index contributed by atoms with van der Waals surface area (Å²) in [5, 5.41) is 0. The van der Waals surface area contributed by atoms with Gasteiger partial charge in [-0.05, 0) is 42.7 Å². The minimum absolute atomic E-state index is 0.0781. The van der Waals surface area contributed by atoms with E-state index >= 15 is 0 Å². The van der Waals surface area contributed by atoms with E-state index in [1.807, 2.05) is 66.8 Å². The van der Waals surface area contributed by atoms with Gasteiger partial charge in [-0.25, -0.2) is 4.79 Å². The van der Waals surface area contributed by atoms with Crippen molar-refractivity contribution in [1.29, 1.82) is 0 Å². The second-order valence-corrected chi connectivity index (χ2v) is 9.44. The van der Waals surface area contributed by atoms with Crippen LogP contribution in [0.2, 0.25) is 0 Å². The fourth-order valence-electron chi connectivity index (χ4n) is 3.55. The number of rotatable bonds is 4. The molecule has 0 spiro atoms. The number of amides is 1. The molecule has 2 aromatic carbocycles. The molecule has 1 fully saturated rings. The van der Waals surface area contributed by atoms with Crippen LogP contribution >= 0.6 is 23.5 Å². The summed E-state index contributed by atoms with van der Waals surface area (Å²) in [7, 11) is 0. The third-order valence-electron chi connectivity index (χ3n) is 4.84. The van der Waals surface area contributed by atoms with Gasteiger partial charge in [0.1, 0.15) is 0 Å². The Morgan fingerprint density at radius 1 is 1.07 bits per heavy atom. The van der Waals surface area contributed by atoms with Crippen molar-refractivity contribution in [2.45, 2.75) is 24.0 Å². The lowest BCUT2D eigenvalue weighted by atomic mass is 10.1. The summed E-state index contributed by atoms with van der Waals surface area (Å²) < 4.78 is 5.74. The number of nitrogens with zero attached hydrogens (tertiary/aromatic N) is 1.